The van der Waals surface area contributed by atoms with Gasteiger partial charge in [-0.25, -0.2) is 0 Å². The van der Waals surface area contributed by atoms with Crippen molar-refractivity contribution >= 4 is 5.96 Å². The summed E-state index contributed by atoms with van der Waals surface area (Å²) in [6.07, 6.45) is 9.71. The van der Waals surface area contributed by atoms with E-state index in [0.29, 0.717) is 6.61 Å². The van der Waals surface area contributed by atoms with Crippen molar-refractivity contribution in [3.05, 3.63) is 17.0 Å². The number of ether oxygens (including phenoxy) is 1. The number of aryl methyl sites for hydroxylation is 1. The smallest absolute Gasteiger partial charge is 0.191 e. The van der Waals surface area contributed by atoms with Crippen LogP contribution in [0.3, 0.4) is 0 Å². The van der Waals surface area contributed by atoms with Crippen LogP contribution in [-0.4, -0.2) is 43.0 Å². The summed E-state index contributed by atoms with van der Waals surface area (Å²) >= 11 is 0. The highest BCUT2D eigenvalue weighted by Gasteiger charge is 2.13. The lowest BCUT2D eigenvalue weighted by atomic mass is 9.86. The Balaban J connectivity index is 1.73. The number of nitrogens with one attached hydrogen (secondary N) is 2. The quantitative estimate of drug-likeness (QED) is 0.402. The van der Waals surface area contributed by atoms with Gasteiger partial charge in [0.2, 0.25) is 0 Å². The van der Waals surface area contributed by atoms with E-state index in [9.17, 15) is 0 Å². The Hall–Kier alpha value is -1.56. The highest BCUT2D eigenvalue weighted by Crippen LogP contribution is 2.26. The van der Waals surface area contributed by atoms with Crippen molar-refractivity contribution in [2.24, 2.45) is 10.9 Å². The molecule has 0 unspecified atom stereocenters. The molecule has 148 valence electrons. The van der Waals surface area contributed by atoms with Crippen molar-refractivity contribution < 1.29 is 4.74 Å². The summed E-state index contributed by atoms with van der Waals surface area (Å²) in [5.74, 6) is 1.82. The van der Waals surface area contributed by atoms with Gasteiger partial charge in [0.1, 0.15) is 0 Å². The molecule has 1 fully saturated rings. The second kappa shape index (κ2) is 11.2. The van der Waals surface area contributed by atoms with Gasteiger partial charge in [-0.15, -0.1) is 0 Å². The first-order valence-electron chi connectivity index (χ1n) is 10.1. The average molecular weight is 364 g/mol. The second-order valence-corrected chi connectivity index (χ2v) is 7.36. The Morgan fingerprint density at radius 1 is 1.23 bits per heavy atom. The van der Waals surface area contributed by atoms with Gasteiger partial charge < -0.3 is 15.4 Å². The van der Waals surface area contributed by atoms with Gasteiger partial charge in [0.25, 0.3) is 0 Å². The van der Waals surface area contributed by atoms with E-state index in [-0.39, 0.29) is 0 Å². The molecule has 2 N–H and O–H groups in total. The van der Waals surface area contributed by atoms with Crippen LogP contribution < -0.4 is 10.6 Å². The third-order valence-corrected chi connectivity index (χ3v) is 5.50. The van der Waals surface area contributed by atoms with Crippen molar-refractivity contribution in [1.29, 1.82) is 0 Å². The zero-order chi connectivity index (χ0) is 18.8. The molecule has 0 saturated heterocycles. The molecule has 0 aromatic carbocycles. The molecular formula is C20H37N5O. The van der Waals surface area contributed by atoms with Crippen molar-refractivity contribution in [1.82, 2.24) is 20.4 Å². The topological polar surface area (TPSA) is 63.5 Å². The molecule has 2 rings (SSSR count). The molecule has 6 heteroatoms. The normalized spacial score (nSPS) is 16.1. The summed E-state index contributed by atoms with van der Waals surface area (Å²) in [6.45, 7) is 7.38. The standard InChI is InChI=1S/C20H37N5O/c1-16-19(17(2)25(24-16)13-14-26-4)15-23-20(21-3)22-12-8-11-18-9-6-5-7-10-18/h18H,5-15H2,1-4H3,(H2,21,22,23). The van der Waals surface area contributed by atoms with Crippen LogP contribution in [0.25, 0.3) is 0 Å². The Morgan fingerprint density at radius 2 is 2.00 bits per heavy atom. The highest BCUT2D eigenvalue weighted by atomic mass is 16.5. The molecule has 1 aromatic heterocycles. The first-order chi connectivity index (χ1) is 12.7. The van der Waals surface area contributed by atoms with Crippen LogP contribution in [-0.2, 0) is 17.8 Å². The molecule has 0 spiro atoms. The minimum Gasteiger partial charge on any atom is -0.383 e. The third-order valence-electron chi connectivity index (χ3n) is 5.50. The summed E-state index contributed by atoms with van der Waals surface area (Å²) in [6, 6.07) is 0. The monoisotopic (exact) mass is 363 g/mol. The van der Waals surface area contributed by atoms with Crippen LogP contribution in [0.15, 0.2) is 4.99 Å². The molecule has 0 atom stereocenters. The first-order valence-corrected chi connectivity index (χ1v) is 10.1. The predicted molar refractivity (Wildman–Crippen MR) is 108 cm³/mol. The van der Waals surface area contributed by atoms with Crippen LogP contribution in [0.4, 0.5) is 0 Å². The van der Waals surface area contributed by atoms with E-state index in [0.717, 1.165) is 37.2 Å². The van der Waals surface area contributed by atoms with Crippen LogP contribution in [0, 0.1) is 19.8 Å². The van der Waals surface area contributed by atoms with Crippen LogP contribution in [0.5, 0.6) is 0 Å². The molecule has 1 heterocycles. The fourth-order valence-electron chi connectivity index (χ4n) is 3.85. The molecule has 0 amide bonds. The molecule has 26 heavy (non-hydrogen) atoms. The number of hydrogen-bond donors (Lipinski definition) is 2. The Bertz CT molecular complexity index is 561. The summed E-state index contributed by atoms with van der Waals surface area (Å²) in [5.41, 5.74) is 3.50. The number of hydrogen-bond acceptors (Lipinski definition) is 3. The lowest BCUT2D eigenvalue weighted by Gasteiger charge is -2.21. The van der Waals surface area contributed by atoms with E-state index >= 15 is 0 Å². The number of guanidine groups is 1. The zero-order valence-corrected chi connectivity index (χ0v) is 17.1. The molecular weight excluding hydrogens is 326 g/mol. The van der Waals surface area contributed by atoms with Gasteiger partial charge in [-0.05, 0) is 32.6 Å². The summed E-state index contributed by atoms with van der Waals surface area (Å²) in [5, 5.41) is 11.5. The fraction of sp³-hybridized carbons (Fsp3) is 0.800. The summed E-state index contributed by atoms with van der Waals surface area (Å²) in [4.78, 5) is 4.35. The van der Waals surface area contributed by atoms with Gasteiger partial charge in [0.15, 0.2) is 5.96 Å². The van der Waals surface area contributed by atoms with Gasteiger partial charge >= 0.3 is 0 Å². The summed E-state index contributed by atoms with van der Waals surface area (Å²) < 4.78 is 7.18. The molecule has 1 saturated carbocycles. The van der Waals surface area contributed by atoms with Gasteiger partial charge in [-0.1, -0.05) is 32.1 Å². The largest absolute Gasteiger partial charge is 0.383 e. The molecule has 6 nitrogen and oxygen atoms in total. The van der Waals surface area contributed by atoms with E-state index in [1.54, 1.807) is 7.11 Å². The minimum atomic E-state index is 0.680. The maximum atomic E-state index is 5.16. The lowest BCUT2D eigenvalue weighted by molar-refractivity contribution is 0.182. The molecule has 1 aromatic rings. The van der Waals surface area contributed by atoms with Crippen LogP contribution in [0.1, 0.15) is 61.9 Å². The lowest BCUT2D eigenvalue weighted by Crippen LogP contribution is -2.37. The maximum absolute atomic E-state index is 5.16. The van der Waals surface area contributed by atoms with E-state index in [1.165, 1.54) is 56.2 Å². The third kappa shape index (κ3) is 6.31. The molecule has 0 radical (unpaired) electrons. The predicted octanol–water partition coefficient (Wildman–Crippen LogP) is 3.17. The second-order valence-electron chi connectivity index (χ2n) is 7.36. The van der Waals surface area contributed by atoms with E-state index in [4.69, 9.17) is 4.74 Å². The van der Waals surface area contributed by atoms with Crippen LogP contribution >= 0.6 is 0 Å². The summed E-state index contributed by atoms with van der Waals surface area (Å²) in [7, 11) is 3.55. The number of aliphatic imine (C=N–C) groups is 1. The van der Waals surface area contributed by atoms with Crippen molar-refractivity contribution in [2.45, 2.75) is 71.9 Å². The number of methoxy groups -OCH3 is 1. The molecule has 0 aliphatic heterocycles. The SMILES string of the molecule is CN=C(NCCCC1CCCCC1)NCc1c(C)nn(CCOC)c1C. The van der Waals surface area contributed by atoms with Gasteiger partial charge in [-0.2, -0.15) is 5.10 Å². The molecule has 0 bridgehead atoms. The van der Waals surface area contributed by atoms with Crippen molar-refractivity contribution in [3.8, 4) is 0 Å². The van der Waals surface area contributed by atoms with E-state index in [2.05, 4.69) is 34.6 Å². The number of nitrogens with zero attached hydrogens (tertiary/aromatic N) is 3. The van der Waals surface area contributed by atoms with Crippen LogP contribution in [0.2, 0.25) is 0 Å². The van der Waals surface area contributed by atoms with Crippen molar-refractivity contribution in [2.75, 3.05) is 27.3 Å². The zero-order valence-electron chi connectivity index (χ0n) is 17.1. The number of aromatic nitrogens is 2. The highest BCUT2D eigenvalue weighted by molar-refractivity contribution is 5.79. The Labute approximate surface area is 158 Å². The number of rotatable bonds is 9. The van der Waals surface area contributed by atoms with Gasteiger partial charge in [-0.3, -0.25) is 9.67 Å². The van der Waals surface area contributed by atoms with Gasteiger partial charge in [0.05, 0.1) is 18.8 Å². The Morgan fingerprint density at radius 3 is 2.69 bits per heavy atom. The minimum absolute atomic E-state index is 0.680. The maximum Gasteiger partial charge on any atom is 0.191 e. The first kappa shape index (κ1) is 20.7. The fourth-order valence-corrected chi connectivity index (χ4v) is 3.85. The average Bonchev–Trinajstić information content (AvgIpc) is 2.93. The van der Waals surface area contributed by atoms with E-state index in [1.807, 2.05) is 11.7 Å². The molecule has 1 aliphatic carbocycles. The van der Waals surface area contributed by atoms with Gasteiger partial charge in [0, 0.05) is 38.5 Å². The van der Waals surface area contributed by atoms with E-state index < -0.39 is 0 Å². The van der Waals surface area contributed by atoms with Crippen molar-refractivity contribution in [3.63, 3.8) is 0 Å². The Kier molecular flexibility index (Phi) is 8.95. The molecule has 1 aliphatic rings.